The van der Waals surface area contributed by atoms with Gasteiger partial charge in [0.05, 0.1) is 13.2 Å². The minimum atomic E-state index is -3.54. The van der Waals surface area contributed by atoms with Gasteiger partial charge in [-0.05, 0) is 13.8 Å². The van der Waals surface area contributed by atoms with Gasteiger partial charge in [-0.1, -0.05) is 24.3 Å². The molecule has 0 aliphatic rings. The maximum atomic E-state index is 11.5. The van der Waals surface area contributed by atoms with Gasteiger partial charge in [0.1, 0.15) is 0 Å². The van der Waals surface area contributed by atoms with Crippen LogP contribution >= 0.6 is 7.60 Å². The van der Waals surface area contributed by atoms with E-state index in [1.165, 1.54) is 0 Å². The van der Waals surface area contributed by atoms with Gasteiger partial charge in [0, 0.05) is 0 Å². The minimum absolute atomic E-state index is 0.113. The fourth-order valence-electron chi connectivity index (χ4n) is 0.584. The highest BCUT2D eigenvalue weighted by molar-refractivity contribution is 7.69. The third-order valence-corrected chi connectivity index (χ3v) is 2.58. The highest BCUT2D eigenvalue weighted by atomic mass is 31.2. The summed E-state index contributed by atoms with van der Waals surface area (Å²) in [6.07, 6.45) is 6.77. The molecule has 0 aromatic rings. The molecule has 5 heteroatoms. The van der Waals surface area contributed by atoms with Gasteiger partial charge in [0.2, 0.25) is 6.03 Å². The Balaban J connectivity index is 4.04. The molecule has 0 aliphatic carbocycles. The lowest BCUT2D eigenvalue weighted by molar-refractivity contribution is 0.248. The minimum Gasteiger partial charge on any atom is -0.299 e. The van der Waals surface area contributed by atoms with Gasteiger partial charge in [-0.15, -0.1) is 0 Å². The predicted molar refractivity (Wildman–Crippen MR) is 55.9 cm³/mol. The molecule has 0 bridgehead atoms. The Kier molecular flexibility index (Phi) is 7.30. The summed E-state index contributed by atoms with van der Waals surface area (Å²) in [6, 6.07) is 0.222. The van der Waals surface area contributed by atoms with Crippen molar-refractivity contribution in [2.24, 2.45) is 0 Å². The van der Waals surface area contributed by atoms with Crippen LogP contribution in [0, 0.1) is 0 Å². The summed E-state index contributed by atoms with van der Waals surface area (Å²) in [5.74, 6) is 0. The van der Waals surface area contributed by atoms with Crippen LogP contribution in [-0.4, -0.2) is 19.2 Å². The number of carbonyl (C=O) groups excluding carboxylic acids is 1. The van der Waals surface area contributed by atoms with Crippen molar-refractivity contribution >= 4 is 13.6 Å². The van der Waals surface area contributed by atoms with Gasteiger partial charge >= 0.3 is 7.60 Å². The quantitative estimate of drug-likeness (QED) is 0.374. The summed E-state index contributed by atoms with van der Waals surface area (Å²) in [5, 5.41) is 0. The third kappa shape index (κ3) is 5.86. The topological polar surface area (TPSA) is 52.6 Å². The molecule has 4 nitrogen and oxygen atoms in total. The van der Waals surface area contributed by atoms with Crippen LogP contribution in [0.15, 0.2) is 24.3 Å². The molecule has 0 fully saturated rings. The van der Waals surface area contributed by atoms with Gasteiger partial charge in [0.15, 0.2) is 0 Å². The fourth-order valence-corrected chi connectivity index (χ4v) is 1.37. The monoisotopic (exact) mass is 218 g/mol. The first-order valence-electron chi connectivity index (χ1n) is 4.26. The Morgan fingerprint density at radius 1 is 1.07 bits per heavy atom. The lowest BCUT2D eigenvalue weighted by atomic mass is 10.6. The number of carbonyl (C=O) groups is 1. The number of hydrogen-bond acceptors (Lipinski definition) is 4. The molecule has 80 valence electrons. The maximum Gasteiger partial charge on any atom is 0.394 e. The first-order valence-corrected chi connectivity index (χ1v) is 5.87. The second-order valence-electron chi connectivity index (χ2n) is 2.37. The average molecular weight is 218 g/mol. The Morgan fingerprint density at radius 3 is 1.79 bits per heavy atom. The zero-order chi connectivity index (χ0) is 10.9. The van der Waals surface area contributed by atoms with Crippen LogP contribution in [0.3, 0.4) is 0 Å². The van der Waals surface area contributed by atoms with E-state index in [4.69, 9.17) is 9.05 Å². The van der Waals surface area contributed by atoms with E-state index in [0.717, 1.165) is 0 Å². The van der Waals surface area contributed by atoms with Crippen LogP contribution in [0.2, 0.25) is 0 Å². The van der Waals surface area contributed by atoms with E-state index < -0.39 is 7.60 Å². The molecule has 0 saturated carbocycles. The molecule has 0 rings (SSSR count). The van der Waals surface area contributed by atoms with Gasteiger partial charge in [-0.25, -0.2) is 0 Å². The van der Waals surface area contributed by atoms with Gasteiger partial charge in [-0.3, -0.25) is 18.4 Å². The number of hydrogen-bond donors (Lipinski definition) is 0. The van der Waals surface area contributed by atoms with Gasteiger partial charge in [-0.2, -0.15) is 0 Å². The van der Waals surface area contributed by atoms with Gasteiger partial charge in [0.25, 0.3) is 0 Å². The van der Waals surface area contributed by atoms with Crippen molar-refractivity contribution in [3.05, 3.63) is 24.3 Å². The standard InChI is InChI=1S/C9H15O4P/c1-3-5-7-12-14(11,9-10)13-8-6-4-2/h3-6,9H,7-8H2,1-2H3/b5-3+,6-4+. The number of allylic oxidation sites excluding steroid dienone is 2. The molecule has 0 aromatic heterocycles. The molecule has 0 spiro atoms. The molecule has 0 radical (unpaired) electrons. The Bertz CT molecular complexity index is 238. The Hall–Kier alpha value is -0.700. The summed E-state index contributed by atoms with van der Waals surface area (Å²) in [7, 11) is -3.54. The van der Waals surface area contributed by atoms with Crippen LogP contribution < -0.4 is 0 Å². The third-order valence-electron chi connectivity index (χ3n) is 1.30. The van der Waals surface area contributed by atoms with Crippen molar-refractivity contribution in [3.8, 4) is 0 Å². The predicted octanol–water partition coefficient (Wildman–Crippen LogP) is 2.56. The molecule has 14 heavy (non-hydrogen) atoms. The van der Waals surface area contributed by atoms with E-state index in [2.05, 4.69) is 0 Å². The molecule has 0 heterocycles. The van der Waals surface area contributed by atoms with E-state index in [0.29, 0.717) is 0 Å². The van der Waals surface area contributed by atoms with E-state index >= 15 is 0 Å². The van der Waals surface area contributed by atoms with Gasteiger partial charge < -0.3 is 0 Å². The second kappa shape index (κ2) is 7.68. The van der Waals surface area contributed by atoms with Crippen molar-refractivity contribution in [2.75, 3.05) is 13.2 Å². The Morgan fingerprint density at radius 2 is 1.50 bits per heavy atom. The van der Waals surface area contributed by atoms with Crippen molar-refractivity contribution in [1.82, 2.24) is 0 Å². The summed E-state index contributed by atoms with van der Waals surface area (Å²) in [4.78, 5) is 10.5. The normalized spacial score (nSPS) is 12.7. The van der Waals surface area contributed by atoms with Crippen LogP contribution in [0.1, 0.15) is 13.8 Å². The van der Waals surface area contributed by atoms with E-state index in [1.54, 1.807) is 38.2 Å². The zero-order valence-corrected chi connectivity index (χ0v) is 9.28. The maximum absolute atomic E-state index is 11.5. The Labute approximate surface area is 84.1 Å². The molecule has 0 unspecified atom stereocenters. The van der Waals surface area contributed by atoms with Crippen molar-refractivity contribution in [3.63, 3.8) is 0 Å². The molecule has 0 amide bonds. The summed E-state index contributed by atoms with van der Waals surface area (Å²) < 4.78 is 21.1. The molecular weight excluding hydrogens is 203 g/mol. The van der Waals surface area contributed by atoms with Crippen LogP contribution in [0.4, 0.5) is 0 Å². The van der Waals surface area contributed by atoms with E-state index in [9.17, 15) is 9.36 Å². The van der Waals surface area contributed by atoms with Crippen LogP contribution in [-0.2, 0) is 18.4 Å². The summed E-state index contributed by atoms with van der Waals surface area (Å²) in [6.45, 7) is 3.83. The molecule has 0 N–H and O–H groups in total. The zero-order valence-electron chi connectivity index (χ0n) is 8.38. The fraction of sp³-hybridized carbons (Fsp3) is 0.444. The number of rotatable bonds is 7. The highest BCUT2D eigenvalue weighted by Crippen LogP contribution is 2.44. The SMILES string of the molecule is C/C=C/COP(=O)(C=O)OC/C=C/C. The first kappa shape index (κ1) is 13.3. The molecular formula is C9H15O4P. The van der Waals surface area contributed by atoms with Crippen molar-refractivity contribution in [2.45, 2.75) is 13.8 Å². The molecule has 0 aliphatic heterocycles. The lowest BCUT2D eigenvalue weighted by Crippen LogP contribution is -1.97. The second-order valence-corrected chi connectivity index (χ2v) is 4.18. The highest BCUT2D eigenvalue weighted by Gasteiger charge is 2.22. The lowest BCUT2D eigenvalue weighted by Gasteiger charge is -2.09. The summed E-state index contributed by atoms with van der Waals surface area (Å²) >= 11 is 0. The first-order chi connectivity index (χ1) is 6.68. The van der Waals surface area contributed by atoms with E-state index in [1.807, 2.05) is 0 Å². The average Bonchev–Trinajstić information content (AvgIpc) is 2.19. The van der Waals surface area contributed by atoms with Crippen molar-refractivity contribution < 1.29 is 18.4 Å². The summed E-state index contributed by atoms with van der Waals surface area (Å²) in [5.41, 5.74) is 0. The van der Waals surface area contributed by atoms with Crippen LogP contribution in [0.5, 0.6) is 0 Å². The van der Waals surface area contributed by atoms with E-state index in [-0.39, 0.29) is 19.2 Å². The smallest absolute Gasteiger partial charge is 0.299 e. The van der Waals surface area contributed by atoms with Crippen LogP contribution in [0.25, 0.3) is 0 Å². The van der Waals surface area contributed by atoms with Crippen molar-refractivity contribution in [1.29, 1.82) is 0 Å². The molecule has 0 atom stereocenters. The largest absolute Gasteiger partial charge is 0.394 e. The molecule has 0 saturated heterocycles. The molecule has 0 aromatic carbocycles.